The molecule has 1 rings (SSSR count). The monoisotopic (exact) mass is 270 g/mol. The highest BCUT2D eigenvalue weighted by atomic mass is 35.5. The van der Waals surface area contributed by atoms with Gasteiger partial charge in [0.05, 0.1) is 26.9 Å². The molecular weight excluding hydrogens is 252 g/mol. The molecule has 1 aromatic carbocycles. The van der Waals surface area contributed by atoms with E-state index in [0.29, 0.717) is 23.1 Å². The van der Waals surface area contributed by atoms with Crippen molar-refractivity contribution in [2.24, 2.45) is 0 Å². The molecule has 0 radical (unpaired) electrons. The topological polar surface area (TPSA) is 27.7 Å². The third kappa shape index (κ3) is 3.33. The first-order valence-corrected chi connectivity index (χ1v) is 6.29. The predicted octanol–water partition coefficient (Wildman–Crippen LogP) is 3.74. The second kappa shape index (κ2) is 7.17. The number of ether oxygens (including phenoxy) is 3. The van der Waals surface area contributed by atoms with Gasteiger partial charge in [0.1, 0.15) is 17.2 Å². The average Bonchev–Trinajstić information content (AvgIpc) is 2.43. The first-order valence-electron chi connectivity index (χ1n) is 5.75. The van der Waals surface area contributed by atoms with Crippen LogP contribution in [-0.2, 0) is 0 Å². The van der Waals surface area contributed by atoms with E-state index in [1.165, 1.54) is 0 Å². The number of hydrogen-bond donors (Lipinski definition) is 0. The van der Waals surface area contributed by atoms with Crippen molar-refractivity contribution >= 4 is 17.7 Å². The van der Waals surface area contributed by atoms with Crippen LogP contribution >= 0.6 is 11.6 Å². The number of alkyl halides is 1. The first kappa shape index (κ1) is 14.7. The van der Waals surface area contributed by atoms with Crippen LogP contribution in [0.15, 0.2) is 17.7 Å². The molecule has 0 bridgehead atoms. The van der Waals surface area contributed by atoms with Crippen molar-refractivity contribution in [3.05, 3.63) is 23.3 Å². The lowest BCUT2D eigenvalue weighted by Gasteiger charge is -2.13. The van der Waals surface area contributed by atoms with E-state index in [1.807, 2.05) is 18.2 Å². The molecule has 1 aromatic rings. The van der Waals surface area contributed by atoms with Gasteiger partial charge in [0.2, 0.25) is 0 Å². The number of methoxy groups -OCH3 is 3. The maximum Gasteiger partial charge on any atom is 0.133 e. The molecule has 0 aliphatic rings. The second-order valence-electron chi connectivity index (χ2n) is 3.74. The minimum atomic E-state index is 0.495. The summed E-state index contributed by atoms with van der Waals surface area (Å²) in [6.45, 7) is 2.07. The lowest BCUT2D eigenvalue weighted by molar-refractivity contribution is 0.374. The Labute approximate surface area is 113 Å². The molecule has 0 aliphatic heterocycles. The Bertz CT molecular complexity index is 396. The highest BCUT2D eigenvalue weighted by molar-refractivity contribution is 6.19. The van der Waals surface area contributed by atoms with Crippen LogP contribution in [0, 0.1) is 0 Å². The summed E-state index contributed by atoms with van der Waals surface area (Å²) in [4.78, 5) is 0. The van der Waals surface area contributed by atoms with Gasteiger partial charge in [0.15, 0.2) is 0 Å². The van der Waals surface area contributed by atoms with Crippen LogP contribution in [0.1, 0.15) is 18.9 Å². The van der Waals surface area contributed by atoms with E-state index in [2.05, 4.69) is 6.92 Å². The van der Waals surface area contributed by atoms with Gasteiger partial charge >= 0.3 is 0 Å². The third-order valence-corrected chi connectivity index (χ3v) is 3.07. The maximum absolute atomic E-state index is 5.89. The van der Waals surface area contributed by atoms with Gasteiger partial charge in [0, 0.05) is 18.0 Å². The Hall–Kier alpha value is -1.35. The number of benzene rings is 1. The summed E-state index contributed by atoms with van der Waals surface area (Å²) in [5.41, 5.74) is 2.01. The Morgan fingerprint density at radius 2 is 1.67 bits per heavy atom. The summed E-state index contributed by atoms with van der Waals surface area (Å²) in [7, 11) is 4.86. The smallest absolute Gasteiger partial charge is 0.133 e. The molecule has 3 nitrogen and oxygen atoms in total. The molecule has 0 unspecified atom stereocenters. The van der Waals surface area contributed by atoms with Gasteiger partial charge in [-0.1, -0.05) is 12.5 Å². The van der Waals surface area contributed by atoms with Crippen LogP contribution in [-0.4, -0.2) is 27.2 Å². The van der Waals surface area contributed by atoms with Crippen LogP contribution in [0.3, 0.4) is 0 Å². The zero-order valence-corrected chi connectivity index (χ0v) is 12.0. The fraction of sp³-hybridized carbons (Fsp3) is 0.429. The summed E-state index contributed by atoms with van der Waals surface area (Å²) >= 11 is 5.89. The van der Waals surface area contributed by atoms with E-state index < -0.39 is 0 Å². The van der Waals surface area contributed by atoms with Crippen molar-refractivity contribution in [2.75, 3.05) is 27.2 Å². The molecule has 0 saturated heterocycles. The molecule has 0 heterocycles. The highest BCUT2D eigenvalue weighted by Gasteiger charge is 2.11. The zero-order valence-electron chi connectivity index (χ0n) is 11.2. The summed E-state index contributed by atoms with van der Waals surface area (Å²) in [6, 6.07) is 3.66. The quantitative estimate of drug-likeness (QED) is 0.737. The van der Waals surface area contributed by atoms with Gasteiger partial charge in [-0.25, -0.2) is 0 Å². The number of allylic oxidation sites excluding steroid dienone is 1. The molecule has 0 N–H and O–H groups in total. The molecule has 100 valence electrons. The minimum Gasteiger partial charge on any atom is -0.496 e. The lowest BCUT2D eigenvalue weighted by atomic mass is 10.1. The third-order valence-electron chi connectivity index (χ3n) is 2.73. The normalized spacial score (nSPS) is 11.3. The Morgan fingerprint density at radius 1 is 1.11 bits per heavy atom. The van der Waals surface area contributed by atoms with Crippen molar-refractivity contribution in [1.29, 1.82) is 0 Å². The van der Waals surface area contributed by atoms with Gasteiger partial charge in [0.25, 0.3) is 0 Å². The first-order chi connectivity index (χ1) is 8.69. The van der Waals surface area contributed by atoms with Gasteiger partial charge in [-0.05, 0) is 12.5 Å². The molecule has 0 spiro atoms. The van der Waals surface area contributed by atoms with E-state index in [0.717, 1.165) is 17.6 Å². The zero-order chi connectivity index (χ0) is 13.5. The minimum absolute atomic E-state index is 0.495. The molecule has 18 heavy (non-hydrogen) atoms. The molecule has 0 saturated carbocycles. The number of rotatable bonds is 6. The molecule has 0 aromatic heterocycles. The van der Waals surface area contributed by atoms with Crippen LogP contribution in [0.2, 0.25) is 0 Å². The average molecular weight is 271 g/mol. The summed E-state index contributed by atoms with van der Waals surface area (Å²) in [6.07, 6.45) is 2.89. The number of halogens is 1. The van der Waals surface area contributed by atoms with Crippen LogP contribution < -0.4 is 14.2 Å². The summed E-state index contributed by atoms with van der Waals surface area (Å²) in [5.74, 6) is 2.61. The molecule has 0 atom stereocenters. The van der Waals surface area contributed by atoms with E-state index in [1.54, 1.807) is 21.3 Å². The van der Waals surface area contributed by atoms with Crippen LogP contribution in [0.4, 0.5) is 0 Å². The van der Waals surface area contributed by atoms with Crippen molar-refractivity contribution in [3.63, 3.8) is 0 Å². The molecule has 0 aliphatic carbocycles. The van der Waals surface area contributed by atoms with Crippen molar-refractivity contribution < 1.29 is 14.2 Å². The standard InChI is InChI=1S/C14H19ClO3/c1-5-10(9-15)6-12-13(17-3)7-11(16-2)8-14(12)18-4/h6-8H,5,9H2,1-4H3. The fourth-order valence-electron chi connectivity index (χ4n) is 1.61. The van der Waals surface area contributed by atoms with E-state index in [-0.39, 0.29) is 0 Å². The van der Waals surface area contributed by atoms with Crippen LogP contribution in [0.5, 0.6) is 17.2 Å². The van der Waals surface area contributed by atoms with E-state index in [9.17, 15) is 0 Å². The molecule has 4 heteroatoms. The van der Waals surface area contributed by atoms with Crippen molar-refractivity contribution in [3.8, 4) is 17.2 Å². The van der Waals surface area contributed by atoms with E-state index in [4.69, 9.17) is 25.8 Å². The van der Waals surface area contributed by atoms with Crippen molar-refractivity contribution in [1.82, 2.24) is 0 Å². The van der Waals surface area contributed by atoms with Crippen molar-refractivity contribution in [2.45, 2.75) is 13.3 Å². The predicted molar refractivity (Wildman–Crippen MR) is 75.1 cm³/mol. The second-order valence-corrected chi connectivity index (χ2v) is 4.00. The van der Waals surface area contributed by atoms with Gasteiger partial charge in [-0.15, -0.1) is 11.6 Å². The van der Waals surface area contributed by atoms with Gasteiger partial charge in [-0.2, -0.15) is 0 Å². The SMILES string of the molecule is CCC(=Cc1c(OC)cc(OC)cc1OC)CCl. The van der Waals surface area contributed by atoms with E-state index >= 15 is 0 Å². The molecular formula is C14H19ClO3. The maximum atomic E-state index is 5.89. The Balaban J connectivity index is 3.35. The molecule has 0 fully saturated rings. The van der Waals surface area contributed by atoms with Gasteiger partial charge < -0.3 is 14.2 Å². The largest absolute Gasteiger partial charge is 0.496 e. The van der Waals surface area contributed by atoms with Crippen LogP contribution in [0.25, 0.3) is 6.08 Å². The summed E-state index contributed by atoms with van der Waals surface area (Å²) in [5, 5.41) is 0. The highest BCUT2D eigenvalue weighted by Crippen LogP contribution is 2.36. The van der Waals surface area contributed by atoms with Gasteiger partial charge in [-0.3, -0.25) is 0 Å². The molecule has 0 amide bonds. The fourth-order valence-corrected chi connectivity index (χ4v) is 1.88. The Kier molecular flexibility index (Phi) is 5.86. The Morgan fingerprint density at radius 3 is 2.00 bits per heavy atom. The summed E-state index contributed by atoms with van der Waals surface area (Å²) < 4.78 is 16.0. The number of hydrogen-bond acceptors (Lipinski definition) is 3. The lowest BCUT2D eigenvalue weighted by Crippen LogP contribution is -1.96.